The molecule has 110 valence electrons. The van der Waals surface area contributed by atoms with E-state index in [0.29, 0.717) is 11.6 Å². The highest BCUT2D eigenvalue weighted by Crippen LogP contribution is 2.18. The second kappa shape index (κ2) is 5.72. The van der Waals surface area contributed by atoms with Crippen LogP contribution >= 0.6 is 0 Å². The Morgan fingerprint density at radius 3 is 2.43 bits per heavy atom. The molecule has 1 aromatic heterocycles. The Hall–Kier alpha value is -2.10. The minimum atomic E-state index is 0.0295. The number of aryl methyl sites for hydroxylation is 2. The van der Waals surface area contributed by atoms with Crippen LogP contribution in [-0.4, -0.2) is 21.7 Å². The van der Waals surface area contributed by atoms with E-state index in [2.05, 4.69) is 10.4 Å². The quantitative estimate of drug-likeness (QED) is 0.940. The first-order valence-electron chi connectivity index (χ1n) is 7.58. The molecule has 0 saturated heterocycles. The number of benzene rings is 1. The average Bonchev–Trinajstić information content (AvgIpc) is 3.08. The zero-order valence-corrected chi connectivity index (χ0v) is 12.6. The number of nitrogens with zero attached hydrogens (tertiary/aromatic N) is 2. The van der Waals surface area contributed by atoms with Crippen molar-refractivity contribution in [3.8, 4) is 5.69 Å². The monoisotopic (exact) mass is 283 g/mol. The molecule has 1 amide bonds. The molecule has 1 aliphatic carbocycles. The molecule has 3 rings (SSSR count). The van der Waals surface area contributed by atoms with Gasteiger partial charge in [0.15, 0.2) is 0 Å². The molecule has 0 atom stereocenters. The summed E-state index contributed by atoms with van der Waals surface area (Å²) in [6, 6.07) is 10.0. The number of carbonyl (C=O) groups excluding carboxylic acids is 1. The van der Waals surface area contributed by atoms with E-state index in [9.17, 15) is 4.79 Å². The summed E-state index contributed by atoms with van der Waals surface area (Å²) in [6.45, 7) is 4.01. The third kappa shape index (κ3) is 2.99. The summed E-state index contributed by atoms with van der Waals surface area (Å²) >= 11 is 0. The fraction of sp³-hybridized carbons (Fsp3) is 0.412. The highest BCUT2D eigenvalue weighted by Gasteiger charge is 2.17. The van der Waals surface area contributed by atoms with Gasteiger partial charge in [0.05, 0.1) is 11.4 Å². The molecule has 1 N–H and O–H groups in total. The van der Waals surface area contributed by atoms with E-state index in [1.165, 1.54) is 12.8 Å². The van der Waals surface area contributed by atoms with Crippen molar-refractivity contribution in [2.45, 2.75) is 45.6 Å². The van der Waals surface area contributed by atoms with Crippen LogP contribution in [0.1, 0.15) is 47.4 Å². The van der Waals surface area contributed by atoms with Crippen molar-refractivity contribution < 1.29 is 4.79 Å². The van der Waals surface area contributed by atoms with Crippen molar-refractivity contribution in [2.24, 2.45) is 0 Å². The van der Waals surface area contributed by atoms with E-state index in [4.69, 9.17) is 0 Å². The van der Waals surface area contributed by atoms with Crippen molar-refractivity contribution in [3.05, 3.63) is 47.3 Å². The fourth-order valence-electron chi connectivity index (χ4n) is 2.98. The van der Waals surface area contributed by atoms with Gasteiger partial charge in [-0.2, -0.15) is 5.10 Å². The number of amides is 1. The topological polar surface area (TPSA) is 46.9 Å². The zero-order chi connectivity index (χ0) is 14.8. The molecule has 1 fully saturated rings. The largest absolute Gasteiger partial charge is 0.349 e. The van der Waals surface area contributed by atoms with E-state index in [1.807, 2.05) is 48.9 Å². The lowest BCUT2D eigenvalue weighted by molar-refractivity contribution is 0.0938. The average molecular weight is 283 g/mol. The maximum atomic E-state index is 12.2. The van der Waals surface area contributed by atoms with Crippen LogP contribution in [0.5, 0.6) is 0 Å². The van der Waals surface area contributed by atoms with Crippen LogP contribution < -0.4 is 5.32 Å². The van der Waals surface area contributed by atoms with Gasteiger partial charge in [-0.3, -0.25) is 4.79 Å². The Bertz CT molecular complexity index is 637. The fourth-order valence-corrected chi connectivity index (χ4v) is 2.98. The number of aromatic nitrogens is 2. The lowest BCUT2D eigenvalue weighted by Crippen LogP contribution is -2.32. The Kier molecular flexibility index (Phi) is 3.78. The lowest BCUT2D eigenvalue weighted by atomic mass is 10.1. The van der Waals surface area contributed by atoms with Crippen molar-refractivity contribution in [3.63, 3.8) is 0 Å². The molecular weight excluding hydrogens is 262 g/mol. The van der Waals surface area contributed by atoms with Gasteiger partial charge in [0, 0.05) is 17.3 Å². The first-order chi connectivity index (χ1) is 10.1. The van der Waals surface area contributed by atoms with Gasteiger partial charge in [-0.15, -0.1) is 0 Å². The Labute approximate surface area is 125 Å². The zero-order valence-electron chi connectivity index (χ0n) is 12.6. The van der Waals surface area contributed by atoms with Crippen LogP contribution in [0.4, 0.5) is 0 Å². The highest BCUT2D eigenvalue weighted by atomic mass is 16.1. The number of hydrogen-bond acceptors (Lipinski definition) is 2. The Balaban J connectivity index is 1.74. The number of hydrogen-bond donors (Lipinski definition) is 1. The van der Waals surface area contributed by atoms with Crippen LogP contribution in [0.2, 0.25) is 0 Å². The summed E-state index contributed by atoms with van der Waals surface area (Å²) in [5, 5.41) is 7.56. The minimum Gasteiger partial charge on any atom is -0.349 e. The summed E-state index contributed by atoms with van der Waals surface area (Å²) in [5.74, 6) is 0.0295. The summed E-state index contributed by atoms with van der Waals surface area (Å²) in [5.41, 5.74) is 3.79. The van der Waals surface area contributed by atoms with Crippen LogP contribution in [0.3, 0.4) is 0 Å². The molecule has 21 heavy (non-hydrogen) atoms. The van der Waals surface area contributed by atoms with Gasteiger partial charge in [0.2, 0.25) is 0 Å². The molecule has 0 spiro atoms. The van der Waals surface area contributed by atoms with E-state index in [-0.39, 0.29) is 5.91 Å². The molecule has 1 heterocycles. The molecule has 4 nitrogen and oxygen atoms in total. The van der Waals surface area contributed by atoms with Crippen LogP contribution in [0.25, 0.3) is 5.69 Å². The molecule has 4 heteroatoms. The molecular formula is C17H21N3O. The second-order valence-corrected chi connectivity index (χ2v) is 5.84. The molecule has 2 aromatic rings. The molecule has 1 saturated carbocycles. The normalized spacial score (nSPS) is 15.3. The number of carbonyl (C=O) groups is 1. The van der Waals surface area contributed by atoms with E-state index in [0.717, 1.165) is 29.9 Å². The first kappa shape index (κ1) is 13.9. The molecule has 1 aromatic carbocycles. The van der Waals surface area contributed by atoms with E-state index in [1.54, 1.807) is 0 Å². The Morgan fingerprint density at radius 2 is 1.86 bits per heavy atom. The van der Waals surface area contributed by atoms with E-state index < -0.39 is 0 Å². The van der Waals surface area contributed by atoms with Crippen LogP contribution in [0.15, 0.2) is 30.3 Å². The van der Waals surface area contributed by atoms with Gasteiger partial charge in [-0.05, 0) is 57.0 Å². The van der Waals surface area contributed by atoms with Crippen molar-refractivity contribution in [1.82, 2.24) is 15.1 Å². The van der Waals surface area contributed by atoms with Gasteiger partial charge < -0.3 is 5.32 Å². The van der Waals surface area contributed by atoms with Crippen molar-refractivity contribution in [1.29, 1.82) is 0 Å². The molecule has 1 aliphatic rings. The smallest absolute Gasteiger partial charge is 0.251 e. The maximum absolute atomic E-state index is 12.2. The van der Waals surface area contributed by atoms with Crippen molar-refractivity contribution >= 4 is 5.91 Å². The van der Waals surface area contributed by atoms with Crippen LogP contribution in [0, 0.1) is 13.8 Å². The van der Waals surface area contributed by atoms with E-state index >= 15 is 0 Å². The molecule has 0 radical (unpaired) electrons. The Morgan fingerprint density at radius 1 is 1.19 bits per heavy atom. The third-order valence-corrected chi connectivity index (χ3v) is 4.07. The lowest BCUT2D eigenvalue weighted by Gasteiger charge is -2.12. The standard InChI is InChI=1S/C17H21N3O/c1-12-11-13(2)20(19-12)16-9-7-14(8-10-16)17(21)18-15-5-3-4-6-15/h7-11,15H,3-6H2,1-2H3,(H,18,21). The minimum absolute atomic E-state index is 0.0295. The van der Waals surface area contributed by atoms with Gasteiger partial charge in [0.1, 0.15) is 0 Å². The summed E-state index contributed by atoms with van der Waals surface area (Å²) < 4.78 is 1.90. The van der Waals surface area contributed by atoms with Gasteiger partial charge >= 0.3 is 0 Å². The van der Waals surface area contributed by atoms with Crippen molar-refractivity contribution in [2.75, 3.05) is 0 Å². The SMILES string of the molecule is Cc1cc(C)n(-c2ccc(C(=O)NC3CCCC3)cc2)n1. The predicted molar refractivity (Wildman–Crippen MR) is 82.8 cm³/mol. The summed E-state index contributed by atoms with van der Waals surface area (Å²) in [7, 11) is 0. The van der Waals surface area contributed by atoms with Crippen LogP contribution in [-0.2, 0) is 0 Å². The number of rotatable bonds is 3. The van der Waals surface area contributed by atoms with Gasteiger partial charge in [0.25, 0.3) is 5.91 Å². The molecule has 0 bridgehead atoms. The predicted octanol–water partition coefficient (Wildman–Crippen LogP) is 3.16. The third-order valence-electron chi connectivity index (χ3n) is 4.07. The maximum Gasteiger partial charge on any atom is 0.251 e. The molecule has 0 unspecified atom stereocenters. The summed E-state index contributed by atoms with van der Waals surface area (Å²) in [6.07, 6.45) is 4.66. The van der Waals surface area contributed by atoms with Gasteiger partial charge in [-0.25, -0.2) is 4.68 Å². The first-order valence-corrected chi connectivity index (χ1v) is 7.58. The summed E-state index contributed by atoms with van der Waals surface area (Å²) in [4.78, 5) is 12.2. The number of nitrogens with one attached hydrogen (secondary N) is 1. The van der Waals surface area contributed by atoms with Gasteiger partial charge in [-0.1, -0.05) is 12.8 Å². The second-order valence-electron chi connectivity index (χ2n) is 5.84. The highest BCUT2D eigenvalue weighted by molar-refractivity contribution is 5.94. The molecule has 0 aliphatic heterocycles.